The van der Waals surface area contributed by atoms with Gasteiger partial charge < -0.3 is 24.6 Å². The van der Waals surface area contributed by atoms with E-state index in [1.54, 1.807) is 24.3 Å². The van der Waals surface area contributed by atoms with Crippen LogP contribution in [0.15, 0.2) is 95.9 Å². The Morgan fingerprint density at radius 2 is 1.14 bits per heavy atom. The van der Waals surface area contributed by atoms with Crippen molar-refractivity contribution in [2.24, 2.45) is 0 Å². The number of benzene rings is 6. The molecule has 0 atom stereocenters. The van der Waals surface area contributed by atoms with Crippen molar-refractivity contribution >= 4 is 26.6 Å². The van der Waals surface area contributed by atoms with E-state index in [-0.39, 0.29) is 57.2 Å². The zero-order valence-corrected chi connectivity index (χ0v) is 29.4. The zero-order chi connectivity index (χ0) is 36.6. The minimum Gasteiger partial charge on any atom is -0.867 e. The second-order valence-corrected chi connectivity index (χ2v) is 14.6. The maximum Gasteiger partial charge on any atom is 0.378 e. The fourth-order valence-electron chi connectivity index (χ4n) is 6.56. The summed E-state index contributed by atoms with van der Waals surface area (Å²) in [5.74, 6) is -0.308. The van der Waals surface area contributed by atoms with Crippen molar-refractivity contribution in [2.75, 3.05) is 0 Å². The van der Waals surface area contributed by atoms with Gasteiger partial charge in [-0.3, -0.25) is 0 Å². The lowest BCUT2D eigenvalue weighted by atomic mass is 9.92. The van der Waals surface area contributed by atoms with Crippen molar-refractivity contribution < 1.29 is 33.0 Å². The maximum absolute atomic E-state index is 13.7. The molecule has 0 aliphatic rings. The molecule has 0 aromatic heterocycles. The van der Waals surface area contributed by atoms with E-state index in [0.717, 1.165) is 22.3 Å². The number of nitrogens with zero attached hydrogens (tertiary/aromatic N) is 2. The lowest BCUT2D eigenvalue weighted by molar-refractivity contribution is -0.264. The normalized spacial score (nSPS) is 11.4. The van der Waals surface area contributed by atoms with Crippen LogP contribution in [0.25, 0.3) is 15.7 Å². The van der Waals surface area contributed by atoms with Crippen molar-refractivity contribution in [3.05, 3.63) is 152 Å². The van der Waals surface area contributed by atoms with Crippen LogP contribution in [0.1, 0.15) is 55.6 Å². The predicted molar refractivity (Wildman–Crippen MR) is 194 cm³/mol. The topological polar surface area (TPSA) is 155 Å². The van der Waals surface area contributed by atoms with Gasteiger partial charge in [-0.25, -0.2) is 0 Å². The minimum absolute atomic E-state index is 0.0110. The molecule has 0 radical (unpaired) electrons. The molecule has 0 saturated heterocycles. The maximum atomic E-state index is 13.7. The summed E-state index contributed by atoms with van der Waals surface area (Å²) < 4.78 is 33.1. The summed E-state index contributed by atoms with van der Waals surface area (Å²) in [6, 6.07) is 24.7. The Kier molecular flexibility index (Phi) is 9.34. The van der Waals surface area contributed by atoms with Crippen LogP contribution in [0.3, 0.4) is 0 Å². The monoisotopic (exact) mass is 700 g/mol. The van der Waals surface area contributed by atoms with Crippen LogP contribution in [0.5, 0.6) is 28.7 Å². The average Bonchev–Trinajstić information content (AvgIpc) is 3.08. The molecule has 0 aliphatic carbocycles. The van der Waals surface area contributed by atoms with Crippen molar-refractivity contribution in [3.63, 3.8) is 0 Å². The van der Waals surface area contributed by atoms with Gasteiger partial charge in [-0.1, -0.05) is 82.9 Å². The molecule has 10 heteroatoms. The number of phenols is 3. The molecule has 51 heavy (non-hydrogen) atoms. The Morgan fingerprint density at radius 1 is 0.627 bits per heavy atom. The van der Waals surface area contributed by atoms with E-state index < -0.39 is 15.9 Å². The van der Waals surface area contributed by atoms with Crippen LogP contribution in [-0.2, 0) is 29.4 Å². The highest BCUT2D eigenvalue weighted by molar-refractivity contribution is 7.87. The highest BCUT2D eigenvalue weighted by atomic mass is 32.2. The van der Waals surface area contributed by atoms with E-state index in [1.807, 2.05) is 64.1 Å². The molecule has 3 N–H and O–H groups in total. The molecule has 0 aliphatic heterocycles. The fraction of sp³-hybridized carbons (Fsp3) is 0.171. The third kappa shape index (κ3) is 7.16. The number of rotatable bonds is 9. The zero-order valence-electron chi connectivity index (χ0n) is 28.6. The van der Waals surface area contributed by atoms with Gasteiger partial charge in [-0.2, -0.15) is 8.42 Å². The van der Waals surface area contributed by atoms with Crippen molar-refractivity contribution in [1.29, 1.82) is 5.39 Å². The first-order valence-corrected chi connectivity index (χ1v) is 17.7. The average molecular weight is 701 g/mol. The third-order valence-corrected chi connectivity index (χ3v) is 10.2. The van der Waals surface area contributed by atoms with Gasteiger partial charge in [0.25, 0.3) is 0 Å². The second kappa shape index (κ2) is 13.7. The lowest BCUT2D eigenvalue weighted by Gasteiger charge is -2.17. The Labute approximate surface area is 296 Å². The first kappa shape index (κ1) is 34.8. The van der Waals surface area contributed by atoms with Gasteiger partial charge in [0.2, 0.25) is 5.39 Å². The first-order chi connectivity index (χ1) is 24.2. The molecule has 0 fully saturated rings. The Bertz CT molecular complexity index is 2500. The van der Waals surface area contributed by atoms with Gasteiger partial charge in [0.1, 0.15) is 27.9 Å². The lowest BCUT2D eigenvalue weighted by Crippen LogP contribution is -2.12. The number of aromatic hydroxyl groups is 3. The van der Waals surface area contributed by atoms with Gasteiger partial charge >= 0.3 is 15.8 Å². The summed E-state index contributed by atoms with van der Waals surface area (Å²) in [6.45, 7) is 7.63. The summed E-state index contributed by atoms with van der Waals surface area (Å²) in [4.78, 5) is 2.76. The fourth-order valence-corrected chi connectivity index (χ4v) is 7.74. The molecule has 0 amide bonds. The second-order valence-electron chi connectivity index (χ2n) is 13.0. The summed E-state index contributed by atoms with van der Waals surface area (Å²) in [5, 5.41) is 55.4. The number of phenolic OH excluding ortho intramolecular Hbond substituents is 3. The number of aryl methyl sites for hydroxylation is 4. The Morgan fingerprint density at radius 3 is 1.73 bits per heavy atom. The van der Waals surface area contributed by atoms with Gasteiger partial charge in [0.15, 0.2) is 4.98 Å². The van der Waals surface area contributed by atoms with Crippen LogP contribution in [-0.4, -0.2) is 23.7 Å². The van der Waals surface area contributed by atoms with E-state index in [0.29, 0.717) is 39.8 Å². The predicted octanol–water partition coefficient (Wildman–Crippen LogP) is 8.29. The van der Waals surface area contributed by atoms with Gasteiger partial charge in [0.05, 0.1) is 0 Å². The molecule has 258 valence electrons. The smallest absolute Gasteiger partial charge is 0.378 e. The van der Waals surface area contributed by atoms with Crippen molar-refractivity contribution in [1.82, 2.24) is 0 Å². The van der Waals surface area contributed by atoms with E-state index >= 15 is 0 Å². The van der Waals surface area contributed by atoms with E-state index in [2.05, 4.69) is 4.98 Å². The largest absolute Gasteiger partial charge is 0.867 e. The van der Waals surface area contributed by atoms with Gasteiger partial charge in [-0.05, 0) is 90.9 Å². The first-order valence-electron chi connectivity index (χ1n) is 16.3. The number of fused-ring (bicyclic) bond motifs is 1. The van der Waals surface area contributed by atoms with E-state index in [1.165, 1.54) is 30.3 Å². The van der Waals surface area contributed by atoms with Gasteiger partial charge in [0, 0.05) is 36.3 Å². The van der Waals surface area contributed by atoms with Crippen LogP contribution < -0.4 is 9.29 Å². The molecule has 6 aromatic carbocycles. The molecule has 0 saturated carbocycles. The van der Waals surface area contributed by atoms with Gasteiger partial charge in [-0.15, -0.1) is 0 Å². The molecular formula is C41H36N2O7S. The van der Waals surface area contributed by atoms with Crippen LogP contribution >= 0.6 is 0 Å². The number of hydrogen-bond donors (Lipinski definition) is 3. The van der Waals surface area contributed by atoms with Crippen molar-refractivity contribution in [2.45, 2.75) is 51.9 Å². The minimum atomic E-state index is -4.45. The number of hydrogen-bond acceptors (Lipinski definition) is 8. The molecule has 6 aromatic rings. The standard InChI is InChI=1S/C41H36N2O7S/c1-23-8-12-36(44)27(14-23)20-29-16-25(3)18-31(39(29)45)22-32-19-26(4)17-30(40(32)46)21-28-15-24(2)9-13-37(28)50-51(48,49)38-7-5-6-34-33(38)10-11-35(43-42)41(34)47/h5-19H,20-22H2,1-4H3,(H3-,44,45,46,47). The molecular weight excluding hydrogens is 665 g/mol. The van der Waals surface area contributed by atoms with Crippen molar-refractivity contribution in [3.8, 4) is 28.7 Å². The SMILES string of the molecule is Cc1ccc(O)c(Cc2cc(C)cc(Cc3cc(C)cc(Cc4cc(C)ccc4OS(=O)(=O)c4cccc5c([O-])c([N+]#N)ccc45)c3O)c2O)c1. The highest BCUT2D eigenvalue weighted by Crippen LogP contribution is 2.38. The Balaban J connectivity index is 1.33. The molecule has 0 heterocycles. The van der Waals surface area contributed by atoms with Crippen LogP contribution in [0.4, 0.5) is 5.69 Å². The third-order valence-electron chi connectivity index (χ3n) is 8.95. The molecule has 9 nitrogen and oxygen atoms in total. The quantitative estimate of drug-likeness (QED) is 0.101. The summed E-state index contributed by atoms with van der Waals surface area (Å²) >= 11 is 0. The van der Waals surface area contributed by atoms with Crippen LogP contribution in [0.2, 0.25) is 0 Å². The van der Waals surface area contributed by atoms with E-state index in [9.17, 15) is 28.8 Å². The summed E-state index contributed by atoms with van der Waals surface area (Å²) in [6.07, 6.45) is 0.682. The molecule has 6 rings (SSSR count). The van der Waals surface area contributed by atoms with Crippen LogP contribution in [0, 0.1) is 33.1 Å². The van der Waals surface area contributed by atoms with E-state index in [4.69, 9.17) is 9.58 Å². The molecule has 0 bridgehead atoms. The highest BCUT2D eigenvalue weighted by Gasteiger charge is 2.24. The Hall–Kier alpha value is -6.05. The molecule has 0 spiro atoms. The number of diazo groups is 1. The summed E-state index contributed by atoms with van der Waals surface area (Å²) in [7, 11) is -4.45. The summed E-state index contributed by atoms with van der Waals surface area (Å²) in [5.41, 5.74) is 7.00. The molecule has 0 unspecified atom stereocenters.